The molecule has 1 aliphatic heterocycles. The molecule has 0 amide bonds. The van der Waals surface area contributed by atoms with Crippen LogP contribution in [0.3, 0.4) is 0 Å². The molecule has 0 bridgehead atoms. The molecule has 1 heterocycles. The number of hydrogen-bond donors (Lipinski definition) is 2. The second kappa shape index (κ2) is 5.49. The third-order valence-corrected chi connectivity index (χ3v) is 2.73. The summed E-state index contributed by atoms with van der Waals surface area (Å²) in [6.45, 7) is 6.67. The Hall–Kier alpha value is -1.10. The highest BCUT2D eigenvalue weighted by molar-refractivity contribution is 5.94. The van der Waals surface area contributed by atoms with Gasteiger partial charge in [0.05, 0.1) is 0 Å². The van der Waals surface area contributed by atoms with E-state index in [0.29, 0.717) is 6.54 Å². The highest BCUT2D eigenvalue weighted by Gasteiger charge is 2.38. The predicted octanol–water partition coefficient (Wildman–Crippen LogP) is 1.03. The molecule has 0 radical (unpaired) electrons. The average molecular weight is 243 g/mol. The maximum absolute atomic E-state index is 11.9. The molecule has 1 aliphatic rings. The smallest absolute Gasteiger partial charge is 0.321 e. The van der Waals surface area contributed by atoms with Gasteiger partial charge in [0.2, 0.25) is 0 Å². The minimum atomic E-state index is -1.09. The van der Waals surface area contributed by atoms with Crippen molar-refractivity contribution in [2.75, 3.05) is 13.1 Å². The first-order valence-corrected chi connectivity index (χ1v) is 5.97. The first kappa shape index (κ1) is 14.0. The van der Waals surface area contributed by atoms with Crippen LogP contribution in [0.5, 0.6) is 0 Å². The fourth-order valence-electron chi connectivity index (χ4n) is 2.02. The summed E-state index contributed by atoms with van der Waals surface area (Å²) in [7, 11) is 0. The molecule has 1 rings (SSSR count). The highest BCUT2D eigenvalue weighted by atomic mass is 16.6. The van der Waals surface area contributed by atoms with E-state index in [1.807, 2.05) is 0 Å². The number of hydrogen-bond acceptors (Lipinski definition) is 4. The SMILES string of the molecule is CC(C)(C)OC(=O)C(C(=O)O)C1CCCNC1. The van der Waals surface area contributed by atoms with E-state index < -0.39 is 23.5 Å². The van der Waals surface area contributed by atoms with Crippen LogP contribution in [0, 0.1) is 11.8 Å². The van der Waals surface area contributed by atoms with Crippen molar-refractivity contribution in [2.24, 2.45) is 11.8 Å². The largest absolute Gasteiger partial charge is 0.481 e. The molecule has 98 valence electrons. The number of aliphatic carboxylic acids is 1. The van der Waals surface area contributed by atoms with Crippen molar-refractivity contribution in [1.29, 1.82) is 0 Å². The van der Waals surface area contributed by atoms with Crippen molar-refractivity contribution in [3.05, 3.63) is 0 Å². The van der Waals surface area contributed by atoms with Gasteiger partial charge in [0.15, 0.2) is 5.92 Å². The summed E-state index contributed by atoms with van der Waals surface area (Å²) in [5.41, 5.74) is -0.646. The number of carboxylic acid groups (broad SMARTS) is 1. The summed E-state index contributed by atoms with van der Waals surface area (Å²) in [5.74, 6) is -2.94. The normalized spacial score (nSPS) is 22.9. The molecule has 2 unspecified atom stereocenters. The predicted molar refractivity (Wildman–Crippen MR) is 62.6 cm³/mol. The first-order valence-electron chi connectivity index (χ1n) is 5.97. The van der Waals surface area contributed by atoms with Gasteiger partial charge < -0.3 is 15.2 Å². The van der Waals surface area contributed by atoms with E-state index >= 15 is 0 Å². The third kappa shape index (κ3) is 4.34. The molecule has 5 nitrogen and oxygen atoms in total. The number of carbonyl (C=O) groups excluding carboxylic acids is 1. The minimum absolute atomic E-state index is 0.170. The van der Waals surface area contributed by atoms with Crippen LogP contribution in [0.1, 0.15) is 33.6 Å². The number of carboxylic acids is 1. The number of carbonyl (C=O) groups is 2. The first-order chi connectivity index (χ1) is 7.81. The van der Waals surface area contributed by atoms with E-state index in [1.54, 1.807) is 20.8 Å². The zero-order chi connectivity index (χ0) is 13.1. The second-order valence-corrected chi connectivity index (χ2v) is 5.46. The van der Waals surface area contributed by atoms with Crippen LogP contribution in [0.15, 0.2) is 0 Å². The average Bonchev–Trinajstić information content (AvgIpc) is 2.15. The fraction of sp³-hybridized carbons (Fsp3) is 0.833. The number of piperidine rings is 1. The van der Waals surface area contributed by atoms with Crippen LogP contribution >= 0.6 is 0 Å². The van der Waals surface area contributed by atoms with Crippen LogP contribution in [-0.4, -0.2) is 35.7 Å². The van der Waals surface area contributed by atoms with Crippen LogP contribution < -0.4 is 5.32 Å². The second-order valence-electron chi connectivity index (χ2n) is 5.46. The molecule has 0 aromatic carbocycles. The molecule has 5 heteroatoms. The lowest BCUT2D eigenvalue weighted by Gasteiger charge is -2.29. The molecule has 0 aromatic rings. The maximum Gasteiger partial charge on any atom is 0.321 e. The van der Waals surface area contributed by atoms with Gasteiger partial charge in [-0.3, -0.25) is 9.59 Å². The molecular formula is C12H21NO4. The lowest BCUT2D eigenvalue weighted by Crippen LogP contribution is -2.43. The summed E-state index contributed by atoms with van der Waals surface area (Å²) < 4.78 is 5.17. The van der Waals surface area contributed by atoms with Crippen molar-refractivity contribution in [2.45, 2.75) is 39.2 Å². The summed E-state index contributed by atoms with van der Waals surface area (Å²) in [5, 5.41) is 12.3. The van der Waals surface area contributed by atoms with Crippen molar-refractivity contribution in [1.82, 2.24) is 5.32 Å². The number of ether oxygens (including phenoxy) is 1. The van der Waals surface area contributed by atoms with Gasteiger partial charge >= 0.3 is 11.9 Å². The Kier molecular flexibility index (Phi) is 4.51. The van der Waals surface area contributed by atoms with E-state index in [9.17, 15) is 9.59 Å². The van der Waals surface area contributed by atoms with Crippen molar-refractivity contribution < 1.29 is 19.4 Å². The Morgan fingerprint density at radius 1 is 1.41 bits per heavy atom. The van der Waals surface area contributed by atoms with E-state index in [1.165, 1.54) is 0 Å². The van der Waals surface area contributed by atoms with Crippen LogP contribution in [0.2, 0.25) is 0 Å². The summed E-state index contributed by atoms with van der Waals surface area (Å²) in [6, 6.07) is 0. The van der Waals surface area contributed by atoms with Crippen molar-refractivity contribution in [3.8, 4) is 0 Å². The van der Waals surface area contributed by atoms with Gasteiger partial charge in [-0.05, 0) is 52.6 Å². The molecule has 2 atom stereocenters. The molecule has 0 aliphatic carbocycles. The Morgan fingerprint density at radius 2 is 2.06 bits per heavy atom. The van der Waals surface area contributed by atoms with E-state index in [-0.39, 0.29) is 5.92 Å². The highest BCUT2D eigenvalue weighted by Crippen LogP contribution is 2.23. The van der Waals surface area contributed by atoms with Crippen LogP contribution in [0.25, 0.3) is 0 Å². The molecule has 1 saturated heterocycles. The zero-order valence-corrected chi connectivity index (χ0v) is 10.7. The number of nitrogens with one attached hydrogen (secondary N) is 1. The Labute approximate surface area is 102 Å². The molecule has 0 saturated carbocycles. The lowest BCUT2D eigenvalue weighted by molar-refractivity contribution is -0.169. The van der Waals surface area contributed by atoms with Gasteiger partial charge in [0, 0.05) is 0 Å². The van der Waals surface area contributed by atoms with Gasteiger partial charge in [-0.1, -0.05) is 0 Å². The van der Waals surface area contributed by atoms with Gasteiger partial charge in [-0.15, -0.1) is 0 Å². The van der Waals surface area contributed by atoms with Crippen molar-refractivity contribution in [3.63, 3.8) is 0 Å². The fourth-order valence-corrected chi connectivity index (χ4v) is 2.02. The summed E-state index contributed by atoms with van der Waals surface area (Å²) >= 11 is 0. The summed E-state index contributed by atoms with van der Waals surface area (Å²) in [6.07, 6.45) is 1.65. The molecule has 0 spiro atoms. The topological polar surface area (TPSA) is 75.6 Å². The lowest BCUT2D eigenvalue weighted by atomic mass is 9.86. The van der Waals surface area contributed by atoms with E-state index in [2.05, 4.69) is 5.32 Å². The third-order valence-electron chi connectivity index (χ3n) is 2.73. The van der Waals surface area contributed by atoms with Gasteiger partial charge in [-0.2, -0.15) is 0 Å². The van der Waals surface area contributed by atoms with Gasteiger partial charge in [0.1, 0.15) is 5.60 Å². The van der Waals surface area contributed by atoms with Gasteiger partial charge in [0.25, 0.3) is 0 Å². The van der Waals surface area contributed by atoms with Crippen LogP contribution in [-0.2, 0) is 14.3 Å². The van der Waals surface area contributed by atoms with Crippen LogP contribution in [0.4, 0.5) is 0 Å². The molecule has 0 aromatic heterocycles. The zero-order valence-electron chi connectivity index (χ0n) is 10.7. The van der Waals surface area contributed by atoms with Crippen molar-refractivity contribution >= 4 is 11.9 Å². The molecule has 2 N–H and O–H groups in total. The molecule has 17 heavy (non-hydrogen) atoms. The molecule has 1 fully saturated rings. The minimum Gasteiger partial charge on any atom is -0.481 e. The summed E-state index contributed by atoms with van der Waals surface area (Å²) in [4.78, 5) is 23.1. The monoisotopic (exact) mass is 243 g/mol. The standard InChI is InChI=1S/C12H21NO4/c1-12(2,3)17-11(16)9(10(14)15)8-5-4-6-13-7-8/h8-9,13H,4-7H2,1-3H3,(H,14,15). The Morgan fingerprint density at radius 3 is 2.47 bits per heavy atom. The Balaban J connectivity index is 2.71. The maximum atomic E-state index is 11.9. The van der Waals surface area contributed by atoms with E-state index in [4.69, 9.17) is 9.84 Å². The number of rotatable bonds is 3. The number of esters is 1. The molecular weight excluding hydrogens is 222 g/mol. The van der Waals surface area contributed by atoms with Gasteiger partial charge in [-0.25, -0.2) is 0 Å². The Bertz CT molecular complexity index is 289. The van der Waals surface area contributed by atoms with E-state index in [0.717, 1.165) is 19.4 Å². The quantitative estimate of drug-likeness (QED) is 0.572.